The molecule has 0 aliphatic heterocycles. The van der Waals surface area contributed by atoms with Gasteiger partial charge >= 0.3 is 0 Å². The molecule has 0 saturated heterocycles. The smallest absolute Gasteiger partial charge is 0.277 e. The summed E-state index contributed by atoms with van der Waals surface area (Å²) in [4.78, 5) is 24.7. The van der Waals surface area contributed by atoms with Crippen LogP contribution >= 0.6 is 0 Å². The number of aromatic nitrogens is 2. The lowest BCUT2D eigenvalue weighted by molar-refractivity contribution is -0.394. The molecule has 0 spiro atoms. The Labute approximate surface area is 140 Å². The molecule has 3 rings (SSSR count). The van der Waals surface area contributed by atoms with Gasteiger partial charge in [0.1, 0.15) is 0 Å². The number of anilines is 1. The number of rotatable bonds is 4. The van der Waals surface area contributed by atoms with E-state index < -0.39 is 21.2 Å². The van der Waals surface area contributed by atoms with Crippen LogP contribution in [0.5, 0.6) is 0 Å². The zero-order valence-electron chi connectivity index (χ0n) is 12.9. The minimum absolute atomic E-state index is 0.0661. The highest BCUT2D eigenvalue weighted by Crippen LogP contribution is 2.31. The number of hydrogen-bond acceptors (Lipinski definition) is 8. The van der Waals surface area contributed by atoms with Gasteiger partial charge in [0.15, 0.2) is 0 Å². The number of non-ortho nitro benzene ring substituents is 2. The van der Waals surface area contributed by atoms with E-state index in [9.17, 15) is 20.2 Å². The number of nitrogens with zero attached hydrogens (tertiary/aromatic N) is 4. The van der Waals surface area contributed by atoms with Crippen molar-refractivity contribution in [1.82, 2.24) is 10.1 Å². The molecule has 0 aliphatic rings. The quantitative estimate of drug-likeness (QED) is 0.431. The van der Waals surface area contributed by atoms with E-state index in [1.54, 1.807) is 25.1 Å². The van der Waals surface area contributed by atoms with E-state index in [1.165, 1.54) is 0 Å². The highest BCUT2D eigenvalue weighted by atomic mass is 16.6. The Morgan fingerprint density at radius 3 is 2.32 bits per heavy atom. The van der Waals surface area contributed by atoms with Crippen LogP contribution in [-0.2, 0) is 0 Å². The minimum Gasteiger partial charge on any atom is -0.398 e. The molecule has 0 saturated carbocycles. The molecule has 1 heterocycles. The molecule has 25 heavy (non-hydrogen) atoms. The maximum Gasteiger partial charge on any atom is 0.277 e. The van der Waals surface area contributed by atoms with E-state index >= 15 is 0 Å². The van der Waals surface area contributed by atoms with Gasteiger partial charge in [0.05, 0.1) is 21.5 Å². The Morgan fingerprint density at radius 1 is 1.08 bits per heavy atom. The largest absolute Gasteiger partial charge is 0.398 e. The highest BCUT2D eigenvalue weighted by Gasteiger charge is 2.21. The van der Waals surface area contributed by atoms with Crippen LogP contribution in [0.15, 0.2) is 40.9 Å². The van der Waals surface area contributed by atoms with Crippen LogP contribution in [0.1, 0.15) is 5.56 Å². The van der Waals surface area contributed by atoms with E-state index in [0.717, 1.165) is 23.8 Å². The van der Waals surface area contributed by atoms with Crippen LogP contribution in [0.3, 0.4) is 0 Å². The van der Waals surface area contributed by atoms with Gasteiger partial charge < -0.3 is 10.3 Å². The fourth-order valence-corrected chi connectivity index (χ4v) is 2.28. The third-order valence-electron chi connectivity index (χ3n) is 3.61. The third kappa shape index (κ3) is 3.00. The van der Waals surface area contributed by atoms with E-state index in [2.05, 4.69) is 10.1 Å². The fourth-order valence-electron chi connectivity index (χ4n) is 2.28. The number of benzene rings is 2. The first-order valence-electron chi connectivity index (χ1n) is 7.00. The normalized spacial score (nSPS) is 10.6. The van der Waals surface area contributed by atoms with Crippen molar-refractivity contribution in [3.05, 3.63) is 62.2 Å². The number of nitrogens with two attached hydrogens (primary N) is 1. The molecule has 2 N–H and O–H groups in total. The molecule has 10 nitrogen and oxygen atoms in total. The second-order valence-electron chi connectivity index (χ2n) is 5.20. The minimum atomic E-state index is -0.726. The van der Waals surface area contributed by atoms with Crippen LogP contribution in [-0.4, -0.2) is 20.0 Å². The van der Waals surface area contributed by atoms with Gasteiger partial charge in [0, 0.05) is 23.4 Å². The summed E-state index contributed by atoms with van der Waals surface area (Å²) in [6.45, 7) is 1.79. The predicted octanol–water partition coefficient (Wildman–Crippen LogP) is 3.11. The predicted molar refractivity (Wildman–Crippen MR) is 87.6 cm³/mol. The molecule has 10 heteroatoms. The van der Waals surface area contributed by atoms with E-state index in [4.69, 9.17) is 10.3 Å². The maximum absolute atomic E-state index is 11.0. The van der Waals surface area contributed by atoms with Crippen LogP contribution in [0, 0.1) is 27.2 Å². The Morgan fingerprint density at radius 2 is 1.72 bits per heavy atom. The van der Waals surface area contributed by atoms with E-state index in [1.807, 2.05) is 0 Å². The summed E-state index contributed by atoms with van der Waals surface area (Å²) in [6, 6.07) is 8.34. The lowest BCUT2D eigenvalue weighted by Crippen LogP contribution is -1.94. The van der Waals surface area contributed by atoms with Crippen molar-refractivity contribution < 1.29 is 14.4 Å². The zero-order valence-corrected chi connectivity index (χ0v) is 12.9. The van der Waals surface area contributed by atoms with Crippen LogP contribution in [0.4, 0.5) is 17.1 Å². The van der Waals surface area contributed by atoms with Gasteiger partial charge in [-0.3, -0.25) is 20.2 Å². The summed E-state index contributed by atoms with van der Waals surface area (Å²) in [5, 5.41) is 25.8. The van der Waals surface area contributed by atoms with Crippen LogP contribution in [0.25, 0.3) is 22.8 Å². The molecule has 3 aromatic rings. The third-order valence-corrected chi connectivity index (χ3v) is 3.61. The van der Waals surface area contributed by atoms with Crippen molar-refractivity contribution in [2.24, 2.45) is 0 Å². The molecule has 0 unspecified atom stereocenters. The summed E-state index contributed by atoms with van der Waals surface area (Å²) >= 11 is 0. The van der Waals surface area contributed by atoms with Gasteiger partial charge in [-0.2, -0.15) is 4.98 Å². The fraction of sp³-hybridized carbons (Fsp3) is 0.0667. The molecular weight excluding hydrogens is 330 g/mol. The standard InChI is InChI=1S/C15H11N5O5/c1-8-12(3-2-4-13(8)16)14-17-15(25-18-14)9-5-10(19(21)22)7-11(6-9)20(23)24/h2-7H,16H2,1H3. The van der Waals surface area contributed by atoms with E-state index in [0.29, 0.717) is 11.3 Å². The second kappa shape index (κ2) is 6.00. The average molecular weight is 341 g/mol. The SMILES string of the molecule is Cc1c(N)cccc1-c1noc(-c2cc([N+](=O)[O-])cc([N+](=O)[O-])c2)n1. The molecule has 1 aromatic heterocycles. The Balaban J connectivity index is 2.09. The lowest BCUT2D eigenvalue weighted by atomic mass is 10.1. The van der Waals surface area contributed by atoms with Crippen molar-refractivity contribution in [3.63, 3.8) is 0 Å². The molecule has 0 atom stereocenters. The summed E-state index contributed by atoms with van der Waals surface area (Å²) in [6.07, 6.45) is 0. The topological polar surface area (TPSA) is 151 Å². The number of hydrogen-bond donors (Lipinski definition) is 1. The molecule has 0 amide bonds. The summed E-state index contributed by atoms with van der Waals surface area (Å²) in [5.74, 6) is 0.164. The van der Waals surface area contributed by atoms with Crippen molar-refractivity contribution in [3.8, 4) is 22.8 Å². The van der Waals surface area contributed by atoms with Gasteiger partial charge in [0.25, 0.3) is 17.3 Å². The molecule has 0 aliphatic carbocycles. The summed E-state index contributed by atoms with van der Waals surface area (Å²) in [5.41, 5.74) is 6.98. The second-order valence-corrected chi connectivity index (χ2v) is 5.20. The van der Waals surface area contributed by atoms with Gasteiger partial charge in [-0.05, 0) is 18.6 Å². The summed E-state index contributed by atoms with van der Waals surface area (Å²) < 4.78 is 5.12. The zero-order chi connectivity index (χ0) is 18.1. The van der Waals surface area contributed by atoms with Crippen molar-refractivity contribution in [1.29, 1.82) is 0 Å². The molecule has 0 radical (unpaired) electrons. The Kier molecular flexibility index (Phi) is 3.85. The van der Waals surface area contributed by atoms with Gasteiger partial charge in [-0.25, -0.2) is 0 Å². The first-order valence-corrected chi connectivity index (χ1v) is 7.00. The lowest BCUT2D eigenvalue weighted by Gasteiger charge is -2.03. The monoisotopic (exact) mass is 341 g/mol. The van der Waals surface area contributed by atoms with Gasteiger partial charge in [-0.1, -0.05) is 17.3 Å². The molecule has 0 bridgehead atoms. The Bertz CT molecular complexity index is 965. The van der Waals surface area contributed by atoms with Gasteiger partial charge in [0.2, 0.25) is 5.82 Å². The van der Waals surface area contributed by atoms with Crippen molar-refractivity contribution >= 4 is 17.1 Å². The van der Waals surface area contributed by atoms with Crippen molar-refractivity contribution in [2.75, 3.05) is 5.73 Å². The highest BCUT2D eigenvalue weighted by molar-refractivity contribution is 5.70. The average Bonchev–Trinajstić information content (AvgIpc) is 3.06. The molecular formula is C15H11N5O5. The Hall–Kier alpha value is -3.82. The number of nitrogen functional groups attached to an aromatic ring is 1. The van der Waals surface area contributed by atoms with Gasteiger partial charge in [-0.15, -0.1) is 0 Å². The summed E-state index contributed by atoms with van der Waals surface area (Å²) in [7, 11) is 0. The van der Waals surface area contributed by atoms with Crippen molar-refractivity contribution in [2.45, 2.75) is 6.92 Å². The number of nitro benzene ring substituents is 2. The molecule has 126 valence electrons. The first kappa shape index (κ1) is 16.1. The van der Waals surface area contributed by atoms with E-state index in [-0.39, 0.29) is 17.3 Å². The maximum atomic E-state index is 11.0. The van der Waals surface area contributed by atoms with Crippen LogP contribution in [0.2, 0.25) is 0 Å². The number of nitro groups is 2. The molecule has 0 fully saturated rings. The van der Waals surface area contributed by atoms with Crippen LogP contribution < -0.4 is 5.73 Å². The first-order chi connectivity index (χ1) is 11.9. The molecule has 2 aromatic carbocycles.